The maximum absolute atomic E-state index is 13.3. The van der Waals surface area contributed by atoms with Gasteiger partial charge in [-0.2, -0.15) is 0 Å². The van der Waals surface area contributed by atoms with E-state index in [4.69, 9.17) is 9.47 Å². The Morgan fingerprint density at radius 2 is 1.84 bits per heavy atom. The number of nitro groups is 1. The van der Waals surface area contributed by atoms with Crippen molar-refractivity contribution in [2.75, 3.05) is 14.2 Å². The van der Waals surface area contributed by atoms with E-state index in [1.54, 1.807) is 31.2 Å². The van der Waals surface area contributed by atoms with E-state index in [0.29, 0.717) is 16.9 Å². The monoisotopic (exact) mass is 426 g/mol. The van der Waals surface area contributed by atoms with Gasteiger partial charge in [-0.25, -0.2) is 9.48 Å². The molecule has 1 aromatic heterocycles. The number of carbonyl (C=O) groups is 2. The van der Waals surface area contributed by atoms with Crippen LogP contribution in [-0.2, 0) is 6.54 Å². The molecule has 0 aliphatic carbocycles. The second kappa shape index (κ2) is 8.61. The first-order chi connectivity index (χ1) is 14.8. The van der Waals surface area contributed by atoms with Crippen molar-refractivity contribution < 1.29 is 29.1 Å². The highest BCUT2D eigenvalue weighted by molar-refractivity contribution is 6.14. The van der Waals surface area contributed by atoms with Crippen LogP contribution in [0, 0.1) is 17.0 Å². The summed E-state index contributed by atoms with van der Waals surface area (Å²) in [6, 6.07) is 9.23. The lowest BCUT2D eigenvalue weighted by Crippen LogP contribution is -2.17. The summed E-state index contributed by atoms with van der Waals surface area (Å²) in [6.45, 7) is 1.61. The zero-order valence-electron chi connectivity index (χ0n) is 16.9. The first kappa shape index (κ1) is 21.4. The molecule has 0 atom stereocenters. The van der Waals surface area contributed by atoms with E-state index in [-0.39, 0.29) is 23.6 Å². The van der Waals surface area contributed by atoms with E-state index in [1.165, 1.54) is 26.4 Å². The van der Waals surface area contributed by atoms with Crippen LogP contribution in [0.25, 0.3) is 0 Å². The molecule has 0 radical (unpaired) electrons. The van der Waals surface area contributed by atoms with Crippen molar-refractivity contribution in [3.8, 4) is 11.5 Å². The van der Waals surface area contributed by atoms with Crippen LogP contribution in [0.5, 0.6) is 11.5 Å². The van der Waals surface area contributed by atoms with E-state index in [1.807, 2.05) is 0 Å². The fraction of sp³-hybridized carbons (Fsp3) is 0.200. The third-order valence-electron chi connectivity index (χ3n) is 4.60. The molecule has 0 aliphatic heterocycles. The first-order valence-corrected chi connectivity index (χ1v) is 8.94. The first-order valence-electron chi connectivity index (χ1n) is 8.94. The molecule has 11 nitrogen and oxygen atoms in total. The number of carboxylic acid groups (broad SMARTS) is 1. The van der Waals surface area contributed by atoms with Gasteiger partial charge in [-0.15, -0.1) is 5.10 Å². The summed E-state index contributed by atoms with van der Waals surface area (Å²) in [5, 5.41) is 28.4. The summed E-state index contributed by atoms with van der Waals surface area (Å²) in [4.78, 5) is 35.8. The summed E-state index contributed by atoms with van der Waals surface area (Å²) < 4.78 is 11.4. The van der Waals surface area contributed by atoms with Crippen molar-refractivity contribution in [2.45, 2.75) is 13.5 Å². The molecule has 3 aromatic rings. The number of nitrogens with zero attached hydrogens (tertiary/aromatic N) is 4. The van der Waals surface area contributed by atoms with Crippen LogP contribution in [-0.4, -0.2) is 51.0 Å². The molecular weight excluding hydrogens is 408 g/mol. The number of benzene rings is 2. The largest absolute Gasteiger partial charge is 0.497 e. The van der Waals surface area contributed by atoms with Crippen LogP contribution in [0.4, 0.5) is 5.69 Å². The maximum atomic E-state index is 13.3. The Hall–Kier alpha value is -4.28. The minimum absolute atomic E-state index is 0.0160. The van der Waals surface area contributed by atoms with E-state index in [9.17, 15) is 24.8 Å². The molecule has 160 valence electrons. The molecule has 0 saturated carbocycles. The molecule has 0 saturated heterocycles. The summed E-state index contributed by atoms with van der Waals surface area (Å²) in [6.07, 6.45) is 0. The maximum Gasteiger partial charge on any atom is 0.358 e. The lowest BCUT2D eigenvalue weighted by molar-refractivity contribution is -0.385. The summed E-state index contributed by atoms with van der Waals surface area (Å²) in [5.74, 6) is -1.51. The Labute approximate surface area is 176 Å². The van der Waals surface area contributed by atoms with Gasteiger partial charge in [0, 0.05) is 6.07 Å². The normalized spacial score (nSPS) is 10.5. The SMILES string of the molecule is COc1ccc(Cn2nnc(C(=O)O)c2C(=O)c2cc(OC)c(C)cc2[N+](=O)[O-])cc1. The van der Waals surface area contributed by atoms with Gasteiger partial charge in [0.25, 0.3) is 5.69 Å². The molecule has 31 heavy (non-hydrogen) atoms. The Kier molecular flexibility index (Phi) is 5.95. The van der Waals surface area contributed by atoms with Gasteiger partial charge in [0.05, 0.1) is 25.7 Å². The Bertz CT molecular complexity index is 1170. The Morgan fingerprint density at radius 1 is 1.16 bits per heavy atom. The second-order valence-electron chi connectivity index (χ2n) is 6.52. The minimum Gasteiger partial charge on any atom is -0.497 e. The molecule has 3 rings (SSSR count). The van der Waals surface area contributed by atoms with Crippen LogP contribution >= 0.6 is 0 Å². The predicted molar refractivity (Wildman–Crippen MR) is 107 cm³/mol. The zero-order chi connectivity index (χ0) is 22.7. The Morgan fingerprint density at radius 3 is 2.39 bits per heavy atom. The van der Waals surface area contributed by atoms with Crippen molar-refractivity contribution >= 4 is 17.4 Å². The van der Waals surface area contributed by atoms with Crippen molar-refractivity contribution in [1.29, 1.82) is 0 Å². The fourth-order valence-electron chi connectivity index (χ4n) is 3.05. The average molecular weight is 426 g/mol. The predicted octanol–water partition coefficient (Wildman–Crippen LogP) is 2.49. The van der Waals surface area contributed by atoms with E-state index >= 15 is 0 Å². The lowest BCUT2D eigenvalue weighted by Gasteiger charge is -2.10. The highest BCUT2D eigenvalue weighted by Crippen LogP contribution is 2.30. The zero-order valence-corrected chi connectivity index (χ0v) is 16.9. The number of ketones is 1. The molecule has 1 N–H and O–H groups in total. The molecular formula is C20H18N4O7. The van der Waals surface area contributed by atoms with Gasteiger partial charge in [-0.05, 0) is 36.2 Å². The van der Waals surface area contributed by atoms with E-state index in [0.717, 1.165) is 4.68 Å². The molecule has 0 bridgehead atoms. The van der Waals surface area contributed by atoms with E-state index in [2.05, 4.69) is 10.3 Å². The molecule has 11 heteroatoms. The van der Waals surface area contributed by atoms with E-state index < -0.39 is 28.1 Å². The molecule has 0 fully saturated rings. The number of rotatable bonds is 8. The van der Waals surface area contributed by atoms with Crippen molar-refractivity contribution in [1.82, 2.24) is 15.0 Å². The number of hydrogen-bond donors (Lipinski definition) is 1. The van der Waals surface area contributed by atoms with Crippen LogP contribution in [0.1, 0.15) is 37.7 Å². The third-order valence-corrected chi connectivity index (χ3v) is 4.60. The molecule has 2 aromatic carbocycles. The van der Waals surface area contributed by atoms with Gasteiger partial charge in [-0.3, -0.25) is 14.9 Å². The van der Waals surface area contributed by atoms with Gasteiger partial charge >= 0.3 is 5.97 Å². The summed E-state index contributed by atoms with van der Waals surface area (Å²) >= 11 is 0. The molecule has 1 heterocycles. The van der Waals surface area contributed by atoms with Gasteiger partial charge in [0.1, 0.15) is 22.8 Å². The van der Waals surface area contributed by atoms with Crippen LogP contribution in [0.3, 0.4) is 0 Å². The van der Waals surface area contributed by atoms with Gasteiger partial charge < -0.3 is 14.6 Å². The minimum atomic E-state index is -1.48. The van der Waals surface area contributed by atoms with Gasteiger partial charge in [0.15, 0.2) is 0 Å². The second-order valence-corrected chi connectivity index (χ2v) is 6.52. The summed E-state index contributed by atoms with van der Waals surface area (Å²) in [7, 11) is 2.88. The Balaban J connectivity index is 2.13. The number of carboxylic acids is 1. The van der Waals surface area contributed by atoms with Crippen molar-refractivity contribution in [2.24, 2.45) is 0 Å². The number of hydrogen-bond acceptors (Lipinski definition) is 8. The highest BCUT2D eigenvalue weighted by atomic mass is 16.6. The van der Waals surface area contributed by atoms with Crippen LogP contribution in [0.15, 0.2) is 36.4 Å². The number of aryl methyl sites for hydroxylation is 1. The lowest BCUT2D eigenvalue weighted by atomic mass is 10.0. The topological polar surface area (TPSA) is 147 Å². The number of aromatic carboxylic acids is 1. The standard InChI is InChI=1S/C20H18N4O7/c1-11-8-15(24(28)29)14(9-16(11)31-3)19(25)18-17(20(26)27)21-22-23(18)10-12-4-6-13(30-2)7-5-12/h4-9H,10H2,1-3H3,(H,26,27). The summed E-state index contributed by atoms with van der Waals surface area (Å²) in [5.41, 5.74) is -0.642. The number of nitro benzene ring substituents is 1. The van der Waals surface area contributed by atoms with Crippen molar-refractivity contribution in [3.63, 3.8) is 0 Å². The average Bonchev–Trinajstić information content (AvgIpc) is 3.17. The molecule has 0 amide bonds. The fourth-order valence-corrected chi connectivity index (χ4v) is 3.05. The van der Waals surface area contributed by atoms with Gasteiger partial charge in [0.2, 0.25) is 11.5 Å². The molecule has 0 aliphatic rings. The number of aromatic nitrogens is 3. The molecule has 0 spiro atoms. The van der Waals surface area contributed by atoms with Crippen molar-refractivity contribution in [3.05, 3.63) is 74.6 Å². The van der Waals surface area contributed by atoms with Crippen LogP contribution < -0.4 is 9.47 Å². The smallest absolute Gasteiger partial charge is 0.358 e. The number of carbonyl (C=O) groups excluding carboxylic acids is 1. The highest BCUT2D eigenvalue weighted by Gasteiger charge is 2.31. The van der Waals surface area contributed by atoms with Crippen LogP contribution in [0.2, 0.25) is 0 Å². The number of methoxy groups -OCH3 is 2. The quantitative estimate of drug-likeness (QED) is 0.326. The number of ether oxygens (including phenoxy) is 2. The third kappa shape index (κ3) is 4.20. The molecule has 0 unspecified atom stereocenters. The van der Waals surface area contributed by atoms with Gasteiger partial charge in [-0.1, -0.05) is 17.3 Å².